The Morgan fingerprint density at radius 3 is 1.53 bits per heavy atom. The maximum Gasteiger partial charge on any atom is 0.0618 e. The SMILES string of the molecule is Nc1cc(-c2c3ccccc3c(-c3ccc4ccccc4c3)c3ccccc23)ccc1Nc1ccccc1. The summed E-state index contributed by atoms with van der Waals surface area (Å²) in [6.07, 6.45) is 0. The molecule has 0 aliphatic carbocycles. The summed E-state index contributed by atoms with van der Waals surface area (Å²) in [6.45, 7) is 0. The van der Waals surface area contributed by atoms with Gasteiger partial charge < -0.3 is 11.1 Å². The van der Waals surface area contributed by atoms with Crippen molar-refractivity contribution in [3.05, 3.63) is 140 Å². The van der Waals surface area contributed by atoms with Crippen LogP contribution in [0.4, 0.5) is 17.1 Å². The second-order valence-electron chi connectivity index (χ2n) is 9.70. The fourth-order valence-corrected chi connectivity index (χ4v) is 5.60. The van der Waals surface area contributed by atoms with E-state index in [1.54, 1.807) is 0 Å². The maximum atomic E-state index is 6.61. The molecule has 0 amide bonds. The Hall–Kier alpha value is -5.08. The van der Waals surface area contributed by atoms with Gasteiger partial charge in [0.25, 0.3) is 0 Å². The predicted molar refractivity (Wildman–Crippen MR) is 164 cm³/mol. The first-order valence-corrected chi connectivity index (χ1v) is 12.9. The minimum atomic E-state index is 0.720. The standard InChI is InChI=1S/C36H26N2/c37-33-23-27(20-21-34(33)38-28-12-2-1-3-13-28)36-31-16-8-6-14-29(31)35(30-15-7-9-17-32(30)36)26-19-18-24-10-4-5-11-25(24)22-26/h1-23,38H,37H2. The molecule has 0 unspecified atom stereocenters. The second-order valence-corrected chi connectivity index (χ2v) is 9.70. The lowest BCUT2D eigenvalue weighted by Gasteiger charge is -2.19. The molecular weight excluding hydrogens is 460 g/mol. The Morgan fingerprint density at radius 1 is 0.421 bits per heavy atom. The molecule has 0 saturated heterocycles. The largest absolute Gasteiger partial charge is 0.397 e. The van der Waals surface area contributed by atoms with Crippen LogP contribution in [0.5, 0.6) is 0 Å². The Kier molecular flexibility index (Phi) is 5.30. The highest BCUT2D eigenvalue weighted by atomic mass is 14.9. The fraction of sp³-hybridized carbons (Fsp3) is 0. The number of nitrogens with two attached hydrogens (primary N) is 1. The summed E-state index contributed by atoms with van der Waals surface area (Å²) in [5.74, 6) is 0. The summed E-state index contributed by atoms with van der Waals surface area (Å²) in [6, 6.07) is 49.3. The molecule has 0 radical (unpaired) electrons. The molecule has 0 atom stereocenters. The molecule has 0 spiro atoms. The minimum Gasteiger partial charge on any atom is -0.397 e. The molecule has 0 bridgehead atoms. The van der Waals surface area contributed by atoms with E-state index in [0.717, 1.165) is 22.6 Å². The first kappa shape index (κ1) is 22.1. The maximum absolute atomic E-state index is 6.61. The van der Waals surface area contributed by atoms with E-state index in [4.69, 9.17) is 5.73 Å². The van der Waals surface area contributed by atoms with E-state index in [1.165, 1.54) is 49.0 Å². The summed E-state index contributed by atoms with van der Waals surface area (Å²) >= 11 is 0. The molecular formula is C36H26N2. The van der Waals surface area contributed by atoms with Crippen LogP contribution in [0.2, 0.25) is 0 Å². The summed E-state index contributed by atoms with van der Waals surface area (Å²) in [5, 5.41) is 10.9. The molecule has 7 aromatic carbocycles. The third kappa shape index (κ3) is 3.75. The number of hydrogen-bond donors (Lipinski definition) is 2. The lowest BCUT2D eigenvalue weighted by Crippen LogP contribution is -1.97. The van der Waals surface area contributed by atoms with Gasteiger partial charge in [-0.2, -0.15) is 0 Å². The molecule has 38 heavy (non-hydrogen) atoms. The normalized spacial score (nSPS) is 11.3. The molecule has 0 saturated carbocycles. The van der Waals surface area contributed by atoms with E-state index < -0.39 is 0 Å². The zero-order valence-corrected chi connectivity index (χ0v) is 20.9. The monoisotopic (exact) mass is 486 g/mol. The van der Waals surface area contributed by atoms with Crippen LogP contribution >= 0.6 is 0 Å². The molecule has 0 aromatic heterocycles. The fourth-order valence-electron chi connectivity index (χ4n) is 5.60. The third-order valence-corrected chi connectivity index (χ3v) is 7.36. The summed E-state index contributed by atoms with van der Waals surface area (Å²) in [5.41, 5.74) is 14.1. The molecule has 0 heterocycles. The van der Waals surface area contributed by atoms with Crippen molar-refractivity contribution in [1.82, 2.24) is 0 Å². The van der Waals surface area contributed by atoms with Crippen LogP contribution in [0, 0.1) is 0 Å². The number of hydrogen-bond acceptors (Lipinski definition) is 2. The first-order chi connectivity index (χ1) is 18.8. The molecule has 0 aliphatic heterocycles. The second kappa shape index (κ2) is 9.10. The molecule has 180 valence electrons. The van der Waals surface area contributed by atoms with E-state index >= 15 is 0 Å². The van der Waals surface area contributed by atoms with E-state index in [1.807, 2.05) is 30.3 Å². The van der Waals surface area contributed by atoms with Gasteiger partial charge in [0, 0.05) is 5.69 Å². The van der Waals surface area contributed by atoms with Gasteiger partial charge in [0.2, 0.25) is 0 Å². The van der Waals surface area contributed by atoms with Crippen molar-refractivity contribution < 1.29 is 0 Å². The molecule has 7 aromatic rings. The van der Waals surface area contributed by atoms with Crippen molar-refractivity contribution >= 4 is 49.4 Å². The van der Waals surface area contributed by atoms with Crippen LogP contribution in [0.25, 0.3) is 54.6 Å². The van der Waals surface area contributed by atoms with Crippen molar-refractivity contribution in [3.8, 4) is 22.3 Å². The molecule has 0 aliphatic rings. The summed E-state index contributed by atoms with van der Waals surface area (Å²) < 4.78 is 0. The van der Waals surface area contributed by atoms with Crippen LogP contribution in [0.1, 0.15) is 0 Å². The van der Waals surface area contributed by atoms with Crippen LogP contribution in [-0.2, 0) is 0 Å². The smallest absolute Gasteiger partial charge is 0.0618 e. The Balaban J connectivity index is 1.46. The topological polar surface area (TPSA) is 38.0 Å². The predicted octanol–water partition coefficient (Wildman–Crippen LogP) is 9.81. The van der Waals surface area contributed by atoms with Crippen LogP contribution in [0.15, 0.2) is 140 Å². The van der Waals surface area contributed by atoms with Crippen molar-refractivity contribution in [1.29, 1.82) is 0 Å². The van der Waals surface area contributed by atoms with Gasteiger partial charge in [-0.1, -0.05) is 109 Å². The molecule has 2 heteroatoms. The van der Waals surface area contributed by atoms with Crippen LogP contribution in [0.3, 0.4) is 0 Å². The zero-order chi connectivity index (χ0) is 25.5. The summed E-state index contributed by atoms with van der Waals surface area (Å²) in [4.78, 5) is 0. The average Bonchev–Trinajstić information content (AvgIpc) is 2.97. The van der Waals surface area contributed by atoms with Crippen molar-refractivity contribution in [2.75, 3.05) is 11.1 Å². The van der Waals surface area contributed by atoms with Crippen molar-refractivity contribution in [2.24, 2.45) is 0 Å². The van der Waals surface area contributed by atoms with E-state index in [2.05, 4.69) is 115 Å². The van der Waals surface area contributed by atoms with Gasteiger partial charge in [-0.15, -0.1) is 0 Å². The van der Waals surface area contributed by atoms with Gasteiger partial charge in [-0.25, -0.2) is 0 Å². The highest BCUT2D eigenvalue weighted by Crippen LogP contribution is 2.44. The quantitative estimate of drug-likeness (QED) is 0.192. The van der Waals surface area contributed by atoms with Gasteiger partial charge in [0.15, 0.2) is 0 Å². The number of nitrogens with one attached hydrogen (secondary N) is 1. The zero-order valence-electron chi connectivity index (χ0n) is 20.9. The van der Waals surface area contributed by atoms with Gasteiger partial charge in [-0.05, 0) is 84.9 Å². The number of para-hydroxylation sites is 1. The molecule has 2 nitrogen and oxygen atoms in total. The van der Waals surface area contributed by atoms with E-state index in [9.17, 15) is 0 Å². The first-order valence-electron chi connectivity index (χ1n) is 12.9. The number of anilines is 3. The van der Waals surface area contributed by atoms with Crippen molar-refractivity contribution in [3.63, 3.8) is 0 Å². The Morgan fingerprint density at radius 2 is 0.921 bits per heavy atom. The highest BCUT2D eigenvalue weighted by Gasteiger charge is 2.17. The van der Waals surface area contributed by atoms with E-state index in [-0.39, 0.29) is 0 Å². The molecule has 3 N–H and O–H groups in total. The number of rotatable bonds is 4. The van der Waals surface area contributed by atoms with Crippen LogP contribution < -0.4 is 11.1 Å². The van der Waals surface area contributed by atoms with Crippen molar-refractivity contribution in [2.45, 2.75) is 0 Å². The van der Waals surface area contributed by atoms with E-state index in [0.29, 0.717) is 0 Å². The number of nitrogen functional groups attached to an aromatic ring is 1. The Labute approximate surface area is 222 Å². The molecule has 7 rings (SSSR count). The minimum absolute atomic E-state index is 0.720. The van der Waals surface area contributed by atoms with Crippen LogP contribution in [-0.4, -0.2) is 0 Å². The average molecular weight is 487 g/mol. The Bertz CT molecular complexity index is 1900. The molecule has 0 fully saturated rings. The van der Waals surface area contributed by atoms with Gasteiger partial charge >= 0.3 is 0 Å². The lowest BCUT2D eigenvalue weighted by molar-refractivity contribution is 1.54. The lowest BCUT2D eigenvalue weighted by atomic mass is 9.85. The number of benzene rings is 7. The van der Waals surface area contributed by atoms with Gasteiger partial charge in [0.1, 0.15) is 0 Å². The number of fused-ring (bicyclic) bond motifs is 3. The summed E-state index contributed by atoms with van der Waals surface area (Å²) in [7, 11) is 0. The van der Waals surface area contributed by atoms with Gasteiger partial charge in [0.05, 0.1) is 11.4 Å². The van der Waals surface area contributed by atoms with Gasteiger partial charge in [-0.3, -0.25) is 0 Å². The highest BCUT2D eigenvalue weighted by molar-refractivity contribution is 6.21. The third-order valence-electron chi connectivity index (χ3n) is 7.36.